The second-order valence-corrected chi connectivity index (χ2v) is 8.44. The van der Waals surface area contributed by atoms with Crippen LogP contribution in [0.4, 0.5) is 4.79 Å². The minimum absolute atomic E-state index is 0.0744. The molecule has 2 aromatic carbocycles. The molecule has 33 heavy (non-hydrogen) atoms. The number of hydrogen-bond donors (Lipinski definition) is 2. The molecule has 1 aliphatic carbocycles. The second kappa shape index (κ2) is 10.7. The number of benzene rings is 2. The number of carbonyl (C=O) groups excluding carboxylic acids is 2. The molecule has 0 unspecified atom stereocenters. The van der Waals surface area contributed by atoms with Crippen LogP contribution in [-0.4, -0.2) is 53.7 Å². The number of rotatable bonds is 9. The maximum absolute atomic E-state index is 12.9. The Balaban J connectivity index is 1.70. The number of fused-ring (bicyclic) bond motifs is 3. The van der Waals surface area contributed by atoms with Crippen molar-refractivity contribution < 1.29 is 24.2 Å². The Morgan fingerprint density at radius 1 is 1.09 bits per heavy atom. The molecule has 0 saturated heterocycles. The number of nitrogens with zero attached hydrogens (tertiary/aromatic N) is 1. The van der Waals surface area contributed by atoms with Gasteiger partial charge in [-0.15, -0.1) is 6.42 Å². The molecule has 7 heteroatoms. The zero-order chi connectivity index (χ0) is 24.0. The summed E-state index contributed by atoms with van der Waals surface area (Å²) in [5, 5.41) is 11.7. The second-order valence-electron chi connectivity index (χ2n) is 8.44. The van der Waals surface area contributed by atoms with Crippen LogP contribution in [0.5, 0.6) is 0 Å². The van der Waals surface area contributed by atoms with Crippen molar-refractivity contribution in [3.63, 3.8) is 0 Å². The molecule has 2 N–H and O–H groups in total. The summed E-state index contributed by atoms with van der Waals surface area (Å²) in [4.78, 5) is 37.8. The molecule has 1 atom stereocenters. The number of terminal acetylenes is 1. The summed E-state index contributed by atoms with van der Waals surface area (Å²) in [6, 6.07) is 15.1. The molecule has 0 bridgehead atoms. The number of nitrogens with one attached hydrogen (secondary N) is 1. The zero-order valence-corrected chi connectivity index (χ0v) is 18.8. The molecule has 1 aliphatic rings. The van der Waals surface area contributed by atoms with E-state index in [1.165, 1.54) is 0 Å². The molecule has 3 rings (SSSR count). The maximum atomic E-state index is 12.9. The van der Waals surface area contributed by atoms with Crippen LogP contribution in [0.1, 0.15) is 37.3 Å². The van der Waals surface area contributed by atoms with Crippen molar-refractivity contribution in [1.29, 1.82) is 0 Å². The van der Waals surface area contributed by atoms with Crippen molar-refractivity contribution >= 4 is 18.0 Å². The molecule has 0 aliphatic heterocycles. The summed E-state index contributed by atoms with van der Waals surface area (Å²) in [5.41, 5.74) is 4.41. The summed E-state index contributed by atoms with van der Waals surface area (Å²) in [5.74, 6) is 0.543. The van der Waals surface area contributed by atoms with Gasteiger partial charge in [-0.05, 0) is 34.6 Å². The largest absolute Gasteiger partial charge is 0.480 e. The van der Waals surface area contributed by atoms with Crippen molar-refractivity contribution in [2.45, 2.75) is 32.2 Å². The number of alkyl carbamates (subject to hydrolysis) is 1. The monoisotopic (exact) mass is 448 g/mol. The molecule has 0 fully saturated rings. The van der Waals surface area contributed by atoms with Crippen LogP contribution in [-0.2, 0) is 14.3 Å². The van der Waals surface area contributed by atoms with E-state index in [2.05, 4.69) is 11.2 Å². The Kier molecular flexibility index (Phi) is 7.73. The summed E-state index contributed by atoms with van der Waals surface area (Å²) in [6.45, 7) is 3.23. The highest BCUT2D eigenvalue weighted by Gasteiger charge is 2.31. The summed E-state index contributed by atoms with van der Waals surface area (Å²) in [6.07, 6.45) is 4.89. The number of carboxylic acid groups (broad SMARTS) is 1. The normalized spacial score (nSPS) is 12.9. The number of hydrogen-bond acceptors (Lipinski definition) is 4. The van der Waals surface area contributed by atoms with E-state index in [4.69, 9.17) is 16.3 Å². The van der Waals surface area contributed by atoms with Crippen molar-refractivity contribution in [2.75, 3.05) is 19.7 Å². The van der Waals surface area contributed by atoms with Crippen molar-refractivity contribution in [2.24, 2.45) is 5.92 Å². The minimum Gasteiger partial charge on any atom is -0.480 e. The number of carboxylic acids is 1. The fourth-order valence-corrected chi connectivity index (χ4v) is 4.18. The van der Waals surface area contributed by atoms with E-state index in [0.29, 0.717) is 6.42 Å². The van der Waals surface area contributed by atoms with Gasteiger partial charge in [0.1, 0.15) is 19.2 Å². The van der Waals surface area contributed by atoms with Crippen LogP contribution in [0.3, 0.4) is 0 Å². The van der Waals surface area contributed by atoms with E-state index in [-0.39, 0.29) is 25.0 Å². The smallest absolute Gasteiger partial charge is 0.407 e. The molecule has 0 saturated carbocycles. The van der Waals surface area contributed by atoms with Crippen molar-refractivity contribution in [1.82, 2.24) is 10.2 Å². The van der Waals surface area contributed by atoms with Gasteiger partial charge in [-0.2, -0.15) is 0 Å². The maximum Gasteiger partial charge on any atom is 0.407 e. The van der Waals surface area contributed by atoms with Gasteiger partial charge in [0, 0.05) is 5.92 Å². The highest BCUT2D eigenvalue weighted by atomic mass is 16.5. The van der Waals surface area contributed by atoms with E-state index in [1.807, 2.05) is 62.4 Å². The lowest BCUT2D eigenvalue weighted by atomic mass is 9.98. The fourth-order valence-electron chi connectivity index (χ4n) is 4.18. The van der Waals surface area contributed by atoms with E-state index in [1.54, 1.807) is 0 Å². The molecule has 0 radical (unpaired) electrons. The first kappa shape index (κ1) is 23.9. The fraction of sp³-hybridized carbons (Fsp3) is 0.346. The van der Waals surface area contributed by atoms with Crippen LogP contribution in [0.15, 0.2) is 48.5 Å². The molecular formula is C26H28N2O5. The van der Waals surface area contributed by atoms with Gasteiger partial charge in [0.2, 0.25) is 5.91 Å². The summed E-state index contributed by atoms with van der Waals surface area (Å²) >= 11 is 0. The van der Waals surface area contributed by atoms with Gasteiger partial charge in [-0.3, -0.25) is 9.59 Å². The van der Waals surface area contributed by atoms with Crippen molar-refractivity contribution in [3.8, 4) is 23.5 Å². The molecule has 7 nitrogen and oxygen atoms in total. The summed E-state index contributed by atoms with van der Waals surface area (Å²) < 4.78 is 5.55. The Morgan fingerprint density at radius 3 is 2.18 bits per heavy atom. The third-order valence-electron chi connectivity index (χ3n) is 5.56. The van der Waals surface area contributed by atoms with Crippen LogP contribution >= 0.6 is 0 Å². The number of ether oxygens (including phenoxy) is 1. The molecule has 0 spiro atoms. The lowest BCUT2D eigenvalue weighted by Gasteiger charge is -2.26. The summed E-state index contributed by atoms with van der Waals surface area (Å²) in [7, 11) is 0. The molecule has 0 aromatic heterocycles. The van der Waals surface area contributed by atoms with Crippen LogP contribution in [0, 0.1) is 18.3 Å². The predicted molar refractivity (Wildman–Crippen MR) is 124 cm³/mol. The van der Waals surface area contributed by atoms with Gasteiger partial charge >= 0.3 is 12.1 Å². The highest BCUT2D eigenvalue weighted by Crippen LogP contribution is 2.44. The highest BCUT2D eigenvalue weighted by molar-refractivity contribution is 5.88. The Morgan fingerprint density at radius 2 is 1.67 bits per heavy atom. The van der Waals surface area contributed by atoms with Crippen LogP contribution < -0.4 is 5.32 Å². The van der Waals surface area contributed by atoms with E-state index in [9.17, 15) is 14.4 Å². The molecular weight excluding hydrogens is 420 g/mol. The molecule has 2 amide bonds. The lowest BCUT2D eigenvalue weighted by Crippen LogP contribution is -2.50. The minimum atomic E-state index is -1.18. The third kappa shape index (κ3) is 5.72. The van der Waals surface area contributed by atoms with Gasteiger partial charge in [0.25, 0.3) is 0 Å². The first-order valence-corrected chi connectivity index (χ1v) is 10.9. The molecule has 2 aromatic rings. The Bertz CT molecular complexity index is 1030. The average Bonchev–Trinajstić information content (AvgIpc) is 3.09. The van der Waals surface area contributed by atoms with Crippen LogP contribution in [0.25, 0.3) is 11.1 Å². The van der Waals surface area contributed by atoms with Gasteiger partial charge in [-0.1, -0.05) is 68.3 Å². The standard InChI is InChI=1S/C26H28N2O5/c1-4-13-28(15-24(29)30)25(31)23(14-17(2)3)27-26(32)33-16-22-20-11-7-5-9-18(20)19-10-6-8-12-21(19)22/h1,5-12,17,22-23H,13-16H2,2-3H3,(H,27,32)(H,29,30)/t23-/m1/s1. The Hall–Kier alpha value is -3.79. The van der Waals surface area contributed by atoms with Gasteiger partial charge < -0.3 is 20.1 Å². The van der Waals surface area contributed by atoms with E-state index in [0.717, 1.165) is 27.2 Å². The molecule has 0 heterocycles. The first-order valence-electron chi connectivity index (χ1n) is 10.9. The van der Waals surface area contributed by atoms with E-state index < -0.39 is 30.6 Å². The van der Waals surface area contributed by atoms with Gasteiger partial charge in [-0.25, -0.2) is 4.79 Å². The number of amides is 2. The predicted octanol–water partition coefficient (Wildman–Crippen LogP) is 3.49. The third-order valence-corrected chi connectivity index (χ3v) is 5.56. The van der Waals surface area contributed by atoms with Gasteiger partial charge in [0.15, 0.2) is 0 Å². The molecule has 172 valence electrons. The average molecular weight is 449 g/mol. The van der Waals surface area contributed by atoms with Crippen LogP contribution in [0.2, 0.25) is 0 Å². The first-order chi connectivity index (χ1) is 15.8. The van der Waals surface area contributed by atoms with E-state index >= 15 is 0 Å². The number of carbonyl (C=O) groups is 3. The topological polar surface area (TPSA) is 95.9 Å². The zero-order valence-electron chi connectivity index (χ0n) is 18.8. The SMILES string of the molecule is C#CCN(CC(=O)O)C(=O)[C@@H](CC(C)C)NC(=O)OCC1c2ccccc2-c2ccccc21. The van der Waals surface area contributed by atoms with Gasteiger partial charge in [0.05, 0.1) is 6.54 Å². The number of aliphatic carboxylic acids is 1. The Labute approximate surface area is 193 Å². The van der Waals surface area contributed by atoms with Crippen molar-refractivity contribution in [3.05, 3.63) is 59.7 Å². The quantitative estimate of drug-likeness (QED) is 0.573. The lowest BCUT2D eigenvalue weighted by molar-refractivity contribution is -0.144.